The van der Waals surface area contributed by atoms with Crippen molar-refractivity contribution in [2.75, 3.05) is 6.54 Å². The first-order chi connectivity index (χ1) is 13.0. The zero-order valence-corrected chi connectivity index (χ0v) is 15.8. The molecule has 3 rings (SSSR count). The molecular formula is C18H19N5O3S. The maximum absolute atomic E-state index is 12.4. The summed E-state index contributed by atoms with van der Waals surface area (Å²) >= 11 is 1.51. The molecular weight excluding hydrogens is 366 g/mol. The standard InChI is InChI=1S/C18H19N5O3S/c1-12-10-19-11-22(18(12)26)8-7-20-17(25)13(2)23-16(24)6-5-14(21-23)15-4-3-9-27-15/h3-6,9-11,13H,7-8H2,1-2H3,(H,20,25). The summed E-state index contributed by atoms with van der Waals surface area (Å²) in [7, 11) is 0. The van der Waals surface area contributed by atoms with Gasteiger partial charge in [-0.3, -0.25) is 19.0 Å². The van der Waals surface area contributed by atoms with Crippen LogP contribution in [-0.2, 0) is 11.3 Å². The molecule has 0 saturated carbocycles. The predicted molar refractivity (Wildman–Crippen MR) is 103 cm³/mol. The van der Waals surface area contributed by atoms with Crippen LogP contribution >= 0.6 is 11.3 Å². The second kappa shape index (κ2) is 8.09. The lowest BCUT2D eigenvalue weighted by atomic mass is 10.3. The summed E-state index contributed by atoms with van der Waals surface area (Å²) in [5, 5.41) is 8.97. The molecule has 3 aromatic heterocycles. The third kappa shape index (κ3) is 4.20. The number of hydrogen-bond acceptors (Lipinski definition) is 6. The normalized spacial score (nSPS) is 11.9. The molecule has 3 heterocycles. The van der Waals surface area contributed by atoms with Gasteiger partial charge in [-0.25, -0.2) is 9.67 Å². The molecule has 1 N–H and O–H groups in total. The van der Waals surface area contributed by atoms with Crippen molar-refractivity contribution >= 4 is 17.2 Å². The maximum Gasteiger partial charge on any atom is 0.267 e. The molecule has 1 unspecified atom stereocenters. The number of thiophene rings is 1. The third-order valence-corrected chi connectivity index (χ3v) is 4.96. The van der Waals surface area contributed by atoms with E-state index in [2.05, 4.69) is 15.4 Å². The topological polar surface area (TPSA) is 98.9 Å². The highest BCUT2D eigenvalue weighted by Gasteiger charge is 2.18. The van der Waals surface area contributed by atoms with Crippen molar-refractivity contribution in [3.63, 3.8) is 0 Å². The van der Waals surface area contributed by atoms with Crippen LogP contribution in [0.25, 0.3) is 10.6 Å². The lowest BCUT2D eigenvalue weighted by Crippen LogP contribution is -2.39. The number of nitrogens with one attached hydrogen (secondary N) is 1. The fourth-order valence-electron chi connectivity index (χ4n) is 2.54. The van der Waals surface area contributed by atoms with Crippen LogP contribution in [0.4, 0.5) is 0 Å². The largest absolute Gasteiger partial charge is 0.352 e. The summed E-state index contributed by atoms with van der Waals surface area (Å²) in [6.07, 6.45) is 2.93. The summed E-state index contributed by atoms with van der Waals surface area (Å²) in [6, 6.07) is 6.08. The van der Waals surface area contributed by atoms with Gasteiger partial charge in [-0.05, 0) is 31.4 Å². The van der Waals surface area contributed by atoms with Gasteiger partial charge in [0.1, 0.15) is 11.7 Å². The number of carbonyl (C=O) groups excluding carboxylic acids is 1. The molecule has 27 heavy (non-hydrogen) atoms. The Bertz CT molecular complexity index is 1060. The van der Waals surface area contributed by atoms with E-state index in [-0.39, 0.29) is 23.6 Å². The van der Waals surface area contributed by atoms with Crippen LogP contribution in [0.2, 0.25) is 0 Å². The molecule has 0 aliphatic rings. The summed E-state index contributed by atoms with van der Waals surface area (Å²) in [6.45, 7) is 3.84. The van der Waals surface area contributed by atoms with Gasteiger partial charge in [0, 0.05) is 30.9 Å². The van der Waals surface area contributed by atoms with Crippen molar-refractivity contribution in [2.45, 2.75) is 26.4 Å². The Morgan fingerprint density at radius 2 is 2.11 bits per heavy atom. The van der Waals surface area contributed by atoms with Gasteiger partial charge in [0.05, 0.1) is 11.2 Å². The molecule has 0 saturated heterocycles. The van der Waals surface area contributed by atoms with Gasteiger partial charge in [0.15, 0.2) is 0 Å². The van der Waals surface area contributed by atoms with Crippen LogP contribution < -0.4 is 16.4 Å². The lowest BCUT2D eigenvalue weighted by molar-refractivity contribution is -0.124. The molecule has 0 spiro atoms. The van der Waals surface area contributed by atoms with Crippen LogP contribution in [0.3, 0.4) is 0 Å². The SMILES string of the molecule is Cc1cncn(CCNC(=O)C(C)n2nc(-c3cccs3)ccc2=O)c1=O. The van der Waals surface area contributed by atoms with E-state index in [0.29, 0.717) is 17.8 Å². The summed E-state index contributed by atoms with van der Waals surface area (Å²) in [5.41, 5.74) is 0.686. The first kappa shape index (κ1) is 18.7. The van der Waals surface area contributed by atoms with E-state index in [4.69, 9.17) is 0 Å². The Hall–Kier alpha value is -3.07. The Labute approximate surface area is 159 Å². The highest BCUT2D eigenvalue weighted by molar-refractivity contribution is 7.13. The van der Waals surface area contributed by atoms with Gasteiger partial charge in [-0.15, -0.1) is 11.3 Å². The number of nitrogens with zero attached hydrogens (tertiary/aromatic N) is 4. The van der Waals surface area contributed by atoms with Crippen molar-refractivity contribution in [3.05, 3.63) is 68.4 Å². The van der Waals surface area contributed by atoms with Gasteiger partial charge in [-0.2, -0.15) is 5.10 Å². The van der Waals surface area contributed by atoms with Crippen molar-refractivity contribution in [3.8, 4) is 10.6 Å². The average Bonchev–Trinajstić information content (AvgIpc) is 3.19. The third-order valence-electron chi connectivity index (χ3n) is 4.07. The van der Waals surface area contributed by atoms with Crippen LogP contribution in [0.5, 0.6) is 0 Å². The van der Waals surface area contributed by atoms with E-state index >= 15 is 0 Å². The first-order valence-electron chi connectivity index (χ1n) is 8.40. The minimum Gasteiger partial charge on any atom is -0.352 e. The van der Waals surface area contributed by atoms with Crippen LogP contribution in [0.15, 0.2) is 51.8 Å². The molecule has 140 valence electrons. The average molecular weight is 385 g/mol. The minimum atomic E-state index is -0.773. The Balaban J connectivity index is 1.68. The van der Waals surface area contributed by atoms with Crippen LogP contribution in [0, 0.1) is 6.92 Å². The van der Waals surface area contributed by atoms with Gasteiger partial charge in [-0.1, -0.05) is 6.07 Å². The number of carbonyl (C=O) groups is 1. The highest BCUT2D eigenvalue weighted by atomic mass is 32.1. The van der Waals surface area contributed by atoms with E-state index in [0.717, 1.165) is 4.88 Å². The molecule has 0 radical (unpaired) electrons. The molecule has 1 amide bonds. The monoisotopic (exact) mass is 385 g/mol. The molecule has 0 fully saturated rings. The smallest absolute Gasteiger partial charge is 0.267 e. The van der Waals surface area contributed by atoms with Gasteiger partial charge < -0.3 is 5.32 Å². The molecule has 0 bridgehead atoms. The number of rotatable bonds is 6. The Morgan fingerprint density at radius 3 is 2.85 bits per heavy atom. The predicted octanol–water partition coefficient (Wildman–Crippen LogP) is 1.21. The second-order valence-electron chi connectivity index (χ2n) is 6.02. The molecule has 9 heteroatoms. The summed E-state index contributed by atoms with van der Waals surface area (Å²) in [4.78, 5) is 41.4. The van der Waals surface area contributed by atoms with Gasteiger partial charge in [0.2, 0.25) is 5.91 Å². The number of aromatic nitrogens is 4. The Kier molecular flexibility index (Phi) is 5.60. The van der Waals surface area contributed by atoms with Gasteiger partial charge >= 0.3 is 0 Å². The zero-order valence-electron chi connectivity index (χ0n) is 15.0. The van der Waals surface area contributed by atoms with Crippen LogP contribution in [-0.4, -0.2) is 31.8 Å². The van der Waals surface area contributed by atoms with E-state index in [1.165, 1.54) is 39.2 Å². The van der Waals surface area contributed by atoms with Crippen molar-refractivity contribution in [1.29, 1.82) is 0 Å². The van der Waals surface area contributed by atoms with E-state index < -0.39 is 6.04 Å². The van der Waals surface area contributed by atoms with E-state index in [1.54, 1.807) is 19.9 Å². The quantitative estimate of drug-likeness (QED) is 0.688. The minimum absolute atomic E-state index is 0.145. The zero-order chi connectivity index (χ0) is 19.4. The molecule has 0 aromatic carbocycles. The van der Waals surface area contributed by atoms with Crippen molar-refractivity contribution in [1.82, 2.24) is 24.6 Å². The fourth-order valence-corrected chi connectivity index (χ4v) is 3.23. The molecule has 0 aliphatic carbocycles. The fraction of sp³-hybridized carbons (Fsp3) is 0.278. The molecule has 1 atom stereocenters. The van der Waals surface area contributed by atoms with Crippen LogP contribution in [0.1, 0.15) is 18.5 Å². The highest BCUT2D eigenvalue weighted by Crippen LogP contribution is 2.21. The maximum atomic E-state index is 12.4. The van der Waals surface area contributed by atoms with E-state index in [1.807, 2.05) is 17.5 Å². The Morgan fingerprint density at radius 1 is 1.30 bits per heavy atom. The molecule has 3 aromatic rings. The van der Waals surface area contributed by atoms with E-state index in [9.17, 15) is 14.4 Å². The number of aryl methyl sites for hydroxylation is 1. The lowest BCUT2D eigenvalue weighted by Gasteiger charge is -2.15. The summed E-state index contributed by atoms with van der Waals surface area (Å²) < 4.78 is 2.60. The number of hydrogen-bond donors (Lipinski definition) is 1. The second-order valence-corrected chi connectivity index (χ2v) is 6.97. The molecule has 8 nitrogen and oxygen atoms in total. The molecule has 0 aliphatic heterocycles. The van der Waals surface area contributed by atoms with Crippen molar-refractivity contribution < 1.29 is 4.79 Å². The number of amides is 1. The van der Waals surface area contributed by atoms with Gasteiger partial charge in [0.25, 0.3) is 11.1 Å². The summed E-state index contributed by atoms with van der Waals surface area (Å²) in [5.74, 6) is -0.346. The first-order valence-corrected chi connectivity index (χ1v) is 9.28. The van der Waals surface area contributed by atoms with Crippen molar-refractivity contribution in [2.24, 2.45) is 0 Å².